The van der Waals surface area contributed by atoms with Gasteiger partial charge in [0.25, 0.3) is 5.22 Å². The average molecular weight is 425 g/mol. The maximum absolute atomic E-state index is 12.4. The second-order valence-electron chi connectivity index (χ2n) is 6.72. The van der Waals surface area contributed by atoms with Crippen molar-refractivity contribution in [3.63, 3.8) is 0 Å². The highest BCUT2D eigenvalue weighted by Crippen LogP contribution is 2.41. The Balaban J connectivity index is 1.71. The lowest BCUT2D eigenvalue weighted by Gasteiger charge is -2.15. The Morgan fingerprint density at radius 2 is 1.48 bits per heavy atom. The first-order valence-corrected chi connectivity index (χ1v) is 11.4. The smallest absolute Gasteiger partial charge is 0.257 e. The number of rotatable bonds is 6. The minimum atomic E-state index is -3.52. The lowest BCUT2D eigenvalue weighted by Crippen LogP contribution is -2.22. The molecule has 0 fully saturated rings. The molecule has 4 rings (SSSR count). The fourth-order valence-corrected chi connectivity index (χ4v) is 4.99. The van der Waals surface area contributed by atoms with Gasteiger partial charge in [-0.25, -0.2) is 17.7 Å². The summed E-state index contributed by atoms with van der Waals surface area (Å²) in [7, 11) is -0.508. The number of nitrogens with zero attached hydrogens (tertiary/aromatic N) is 2. The summed E-state index contributed by atoms with van der Waals surface area (Å²) in [5.41, 5.74) is 3.36. The van der Waals surface area contributed by atoms with E-state index in [1.807, 2.05) is 36.4 Å². The van der Waals surface area contributed by atoms with Crippen LogP contribution in [0.1, 0.15) is 16.4 Å². The average Bonchev–Trinajstić information content (AvgIpc) is 3.15. The fourth-order valence-electron chi connectivity index (χ4n) is 2.99. The molecule has 0 saturated heterocycles. The van der Waals surface area contributed by atoms with E-state index in [-0.39, 0.29) is 10.1 Å². The van der Waals surface area contributed by atoms with Gasteiger partial charge in [0.15, 0.2) is 5.58 Å². The zero-order valence-corrected chi connectivity index (χ0v) is 17.7. The van der Waals surface area contributed by atoms with Crippen molar-refractivity contribution in [3.05, 3.63) is 90.0 Å². The number of sulfonamides is 1. The van der Waals surface area contributed by atoms with Crippen LogP contribution in [0.3, 0.4) is 0 Å². The molecule has 0 spiro atoms. The van der Waals surface area contributed by atoms with E-state index in [1.165, 1.54) is 30.2 Å². The predicted octanol–water partition coefficient (Wildman–Crippen LogP) is 4.96. The molecule has 4 aromatic rings. The Bertz CT molecular complexity index is 1180. The molecule has 1 heterocycles. The molecule has 0 atom stereocenters. The summed E-state index contributed by atoms with van der Waals surface area (Å²) in [5.74, 6) is 0. The van der Waals surface area contributed by atoms with E-state index in [4.69, 9.17) is 4.42 Å². The second-order valence-corrected chi connectivity index (χ2v) is 9.92. The van der Waals surface area contributed by atoms with Crippen LogP contribution in [0, 0.1) is 0 Å². The van der Waals surface area contributed by atoms with Gasteiger partial charge in [0.1, 0.15) is 5.52 Å². The monoisotopic (exact) mass is 424 g/mol. The molecule has 0 saturated carbocycles. The highest BCUT2D eigenvalue weighted by atomic mass is 32.2. The van der Waals surface area contributed by atoms with Crippen molar-refractivity contribution in [1.82, 2.24) is 9.29 Å². The van der Waals surface area contributed by atoms with Crippen molar-refractivity contribution in [2.24, 2.45) is 0 Å². The minimum absolute atomic E-state index is 0.00967. The molecule has 5 nitrogen and oxygen atoms in total. The highest BCUT2D eigenvalue weighted by molar-refractivity contribution is 7.99. The molecule has 0 N–H and O–H groups in total. The van der Waals surface area contributed by atoms with Crippen molar-refractivity contribution >= 4 is 32.9 Å². The lowest BCUT2D eigenvalue weighted by atomic mass is 10.0. The maximum atomic E-state index is 12.4. The van der Waals surface area contributed by atoms with E-state index in [0.29, 0.717) is 16.3 Å². The Hall–Kier alpha value is -2.61. The molecular weight excluding hydrogens is 404 g/mol. The number of hydrogen-bond acceptors (Lipinski definition) is 5. The van der Waals surface area contributed by atoms with E-state index in [1.54, 1.807) is 18.2 Å². The molecule has 148 valence electrons. The standard InChI is InChI=1S/C22H20N2O3S2/c1-24(2)29(25,26)18-13-14-20-19(15-18)23-22(27-20)28-21(16-9-5-3-6-10-16)17-11-7-4-8-12-17/h3-15,21H,1-2H3. The van der Waals surface area contributed by atoms with Gasteiger partial charge in [0.05, 0.1) is 10.1 Å². The van der Waals surface area contributed by atoms with E-state index < -0.39 is 10.0 Å². The predicted molar refractivity (Wildman–Crippen MR) is 115 cm³/mol. The summed E-state index contributed by atoms with van der Waals surface area (Å²) in [5, 5.41) is 0.507. The van der Waals surface area contributed by atoms with E-state index >= 15 is 0 Å². The largest absolute Gasteiger partial charge is 0.431 e. The summed E-state index contributed by atoms with van der Waals surface area (Å²) in [6.07, 6.45) is 0. The van der Waals surface area contributed by atoms with Crippen LogP contribution in [-0.4, -0.2) is 31.8 Å². The van der Waals surface area contributed by atoms with Crippen molar-refractivity contribution < 1.29 is 12.8 Å². The number of fused-ring (bicyclic) bond motifs is 1. The summed E-state index contributed by atoms with van der Waals surface area (Å²) in [6.45, 7) is 0. The lowest BCUT2D eigenvalue weighted by molar-refractivity contribution is 0.488. The van der Waals surface area contributed by atoms with Crippen LogP contribution in [-0.2, 0) is 10.0 Å². The first-order valence-electron chi connectivity index (χ1n) is 9.05. The van der Waals surface area contributed by atoms with E-state index in [0.717, 1.165) is 11.1 Å². The minimum Gasteiger partial charge on any atom is -0.431 e. The molecule has 0 aliphatic carbocycles. The molecule has 0 aliphatic rings. The van der Waals surface area contributed by atoms with Crippen LogP contribution in [0.2, 0.25) is 0 Å². The van der Waals surface area contributed by atoms with Crippen LogP contribution in [0.5, 0.6) is 0 Å². The van der Waals surface area contributed by atoms with E-state index in [2.05, 4.69) is 29.2 Å². The molecule has 0 unspecified atom stereocenters. The second kappa shape index (κ2) is 8.02. The Morgan fingerprint density at radius 3 is 2.03 bits per heavy atom. The van der Waals surface area contributed by atoms with Gasteiger partial charge >= 0.3 is 0 Å². The van der Waals surface area contributed by atoms with Crippen molar-refractivity contribution in [2.75, 3.05) is 14.1 Å². The third-order valence-corrected chi connectivity index (χ3v) is 7.51. The van der Waals surface area contributed by atoms with E-state index in [9.17, 15) is 8.42 Å². The van der Waals surface area contributed by atoms with Gasteiger partial charge in [-0.15, -0.1) is 0 Å². The molecule has 0 amide bonds. The van der Waals surface area contributed by atoms with Crippen molar-refractivity contribution in [3.8, 4) is 0 Å². The summed E-state index contributed by atoms with van der Waals surface area (Å²) in [4.78, 5) is 4.75. The Morgan fingerprint density at radius 1 is 0.897 bits per heavy atom. The van der Waals surface area contributed by atoms with Crippen molar-refractivity contribution in [1.29, 1.82) is 0 Å². The summed E-state index contributed by atoms with van der Waals surface area (Å²) in [6, 6.07) is 25.1. The SMILES string of the molecule is CN(C)S(=O)(=O)c1ccc2oc(SC(c3ccccc3)c3ccccc3)nc2c1. The number of aromatic nitrogens is 1. The summed E-state index contributed by atoms with van der Waals surface area (Å²) >= 11 is 1.50. The van der Waals surface area contributed by atoms with Gasteiger partial charge < -0.3 is 4.42 Å². The first-order chi connectivity index (χ1) is 13.9. The van der Waals surface area contributed by atoms with Gasteiger partial charge in [-0.2, -0.15) is 0 Å². The third kappa shape index (κ3) is 4.07. The van der Waals surface area contributed by atoms with Gasteiger partial charge in [0.2, 0.25) is 10.0 Å². The van der Waals surface area contributed by atoms with Gasteiger partial charge in [0, 0.05) is 14.1 Å². The quantitative estimate of drug-likeness (QED) is 0.409. The molecule has 0 bridgehead atoms. The molecule has 1 aromatic heterocycles. The fraction of sp³-hybridized carbons (Fsp3) is 0.136. The highest BCUT2D eigenvalue weighted by Gasteiger charge is 2.21. The van der Waals surface area contributed by atoms with Gasteiger partial charge in [-0.3, -0.25) is 0 Å². The van der Waals surface area contributed by atoms with Crippen LogP contribution < -0.4 is 0 Å². The maximum Gasteiger partial charge on any atom is 0.257 e. The zero-order valence-electron chi connectivity index (χ0n) is 16.0. The Labute approximate surface area is 174 Å². The molecule has 29 heavy (non-hydrogen) atoms. The Kier molecular flexibility index (Phi) is 5.45. The first kappa shape index (κ1) is 19.7. The molecule has 3 aromatic carbocycles. The number of oxazole rings is 1. The zero-order chi connectivity index (χ0) is 20.4. The number of benzene rings is 3. The molecule has 0 radical (unpaired) electrons. The van der Waals surface area contributed by atoms with Gasteiger partial charge in [-0.1, -0.05) is 72.4 Å². The number of hydrogen-bond donors (Lipinski definition) is 0. The van der Waals surface area contributed by atoms with Crippen LogP contribution in [0.15, 0.2) is 93.4 Å². The summed E-state index contributed by atoms with van der Waals surface area (Å²) < 4.78 is 31.9. The number of thioether (sulfide) groups is 1. The molecular formula is C22H20N2O3S2. The normalized spacial score (nSPS) is 12.1. The van der Waals surface area contributed by atoms with Crippen LogP contribution >= 0.6 is 11.8 Å². The van der Waals surface area contributed by atoms with Crippen LogP contribution in [0.25, 0.3) is 11.1 Å². The van der Waals surface area contributed by atoms with Crippen LogP contribution in [0.4, 0.5) is 0 Å². The topological polar surface area (TPSA) is 63.4 Å². The molecule has 0 aliphatic heterocycles. The van der Waals surface area contributed by atoms with Gasteiger partial charge in [-0.05, 0) is 29.3 Å². The van der Waals surface area contributed by atoms with Crippen molar-refractivity contribution in [2.45, 2.75) is 15.4 Å². The third-order valence-electron chi connectivity index (χ3n) is 4.54. The molecule has 7 heteroatoms.